The smallest absolute Gasteiger partial charge is 0.00387 e. The molecule has 2 heteroatoms. The molecule has 1 aromatic carbocycles. The van der Waals surface area contributed by atoms with Crippen LogP contribution >= 0.6 is 0 Å². The Morgan fingerprint density at radius 1 is 1.00 bits per heavy atom. The van der Waals surface area contributed by atoms with Crippen LogP contribution in [-0.4, -0.2) is 48.6 Å². The van der Waals surface area contributed by atoms with Crippen LogP contribution in [0.15, 0.2) is 30.3 Å². The van der Waals surface area contributed by atoms with E-state index in [0.29, 0.717) is 5.41 Å². The van der Waals surface area contributed by atoms with E-state index in [2.05, 4.69) is 67.8 Å². The van der Waals surface area contributed by atoms with Gasteiger partial charge in [0.15, 0.2) is 0 Å². The summed E-state index contributed by atoms with van der Waals surface area (Å²) in [4.78, 5) is 5.49. The molecular weight excluding hydrogens is 340 g/mol. The highest BCUT2D eigenvalue weighted by molar-refractivity contribution is 5.15. The standard InChI is InChI=1S/C26H42N2/c1-20(2)28-15-12-23(18-28)25-17-24(26(25,3)4)19-27-13-10-22(11-14-27)16-21-8-6-5-7-9-21/h5-9,20,22-25H,10-19H2,1-4H3/t23-,24+,25-/m1/s1. The quantitative estimate of drug-likeness (QED) is 0.656. The fourth-order valence-electron chi connectivity index (χ4n) is 6.41. The van der Waals surface area contributed by atoms with Crippen LogP contribution in [0.1, 0.15) is 58.9 Å². The van der Waals surface area contributed by atoms with Crippen LogP contribution in [-0.2, 0) is 6.42 Å². The second-order valence-electron chi connectivity index (χ2n) is 10.9. The predicted molar refractivity (Wildman–Crippen MR) is 120 cm³/mol. The van der Waals surface area contributed by atoms with Crippen LogP contribution < -0.4 is 0 Å². The number of hydrogen-bond donors (Lipinski definition) is 0. The summed E-state index contributed by atoms with van der Waals surface area (Å²) in [5.41, 5.74) is 2.06. The average molecular weight is 383 g/mol. The monoisotopic (exact) mass is 382 g/mol. The van der Waals surface area contributed by atoms with Crippen molar-refractivity contribution in [3.8, 4) is 0 Å². The van der Waals surface area contributed by atoms with Gasteiger partial charge in [-0.1, -0.05) is 44.2 Å². The van der Waals surface area contributed by atoms with Crippen molar-refractivity contribution in [3.05, 3.63) is 35.9 Å². The molecule has 2 aliphatic heterocycles. The third-order valence-electron chi connectivity index (χ3n) is 8.65. The molecule has 3 fully saturated rings. The van der Waals surface area contributed by atoms with E-state index in [0.717, 1.165) is 29.7 Å². The van der Waals surface area contributed by atoms with E-state index in [1.165, 1.54) is 70.4 Å². The lowest BCUT2D eigenvalue weighted by molar-refractivity contribution is -0.0730. The molecule has 1 saturated carbocycles. The van der Waals surface area contributed by atoms with E-state index in [1.54, 1.807) is 0 Å². The lowest BCUT2D eigenvalue weighted by Gasteiger charge is -2.56. The van der Waals surface area contributed by atoms with Gasteiger partial charge in [-0.25, -0.2) is 0 Å². The second-order valence-corrected chi connectivity index (χ2v) is 10.9. The summed E-state index contributed by atoms with van der Waals surface area (Å²) in [7, 11) is 0. The van der Waals surface area contributed by atoms with Gasteiger partial charge in [-0.15, -0.1) is 0 Å². The average Bonchev–Trinajstić information content (AvgIpc) is 3.16. The lowest BCUT2D eigenvalue weighted by Crippen LogP contribution is -2.54. The van der Waals surface area contributed by atoms with Gasteiger partial charge in [0.25, 0.3) is 0 Å². The molecule has 3 atom stereocenters. The number of rotatable bonds is 6. The van der Waals surface area contributed by atoms with Crippen molar-refractivity contribution in [2.24, 2.45) is 29.1 Å². The molecule has 1 aliphatic carbocycles. The number of piperidine rings is 1. The first-order valence-electron chi connectivity index (χ1n) is 11.9. The summed E-state index contributed by atoms with van der Waals surface area (Å²) in [6.45, 7) is 16.5. The summed E-state index contributed by atoms with van der Waals surface area (Å²) in [6.07, 6.45) is 6.96. The van der Waals surface area contributed by atoms with Crippen molar-refractivity contribution in [2.45, 2.75) is 65.8 Å². The van der Waals surface area contributed by atoms with Crippen molar-refractivity contribution in [1.82, 2.24) is 9.80 Å². The molecule has 0 radical (unpaired) electrons. The highest BCUT2D eigenvalue weighted by Gasteiger charge is 2.52. The molecule has 0 N–H and O–H groups in total. The van der Waals surface area contributed by atoms with Gasteiger partial charge in [0.05, 0.1) is 0 Å². The molecule has 2 heterocycles. The first-order valence-corrected chi connectivity index (χ1v) is 11.9. The Balaban J connectivity index is 1.22. The molecule has 1 aromatic rings. The first kappa shape index (κ1) is 20.4. The van der Waals surface area contributed by atoms with Crippen molar-refractivity contribution >= 4 is 0 Å². The van der Waals surface area contributed by atoms with Crippen LogP contribution in [0, 0.1) is 29.1 Å². The molecule has 0 aromatic heterocycles. The lowest BCUT2D eigenvalue weighted by atomic mass is 9.51. The van der Waals surface area contributed by atoms with Gasteiger partial charge < -0.3 is 9.80 Å². The Labute approximate surface area is 173 Å². The molecule has 0 unspecified atom stereocenters. The molecule has 3 aliphatic rings. The Morgan fingerprint density at radius 3 is 2.32 bits per heavy atom. The third kappa shape index (κ3) is 4.33. The summed E-state index contributed by atoms with van der Waals surface area (Å²) < 4.78 is 0. The fraction of sp³-hybridized carbons (Fsp3) is 0.769. The van der Waals surface area contributed by atoms with Crippen LogP contribution in [0.4, 0.5) is 0 Å². The Morgan fingerprint density at radius 2 is 1.71 bits per heavy atom. The van der Waals surface area contributed by atoms with E-state index in [1.807, 2.05) is 0 Å². The zero-order chi connectivity index (χ0) is 19.7. The van der Waals surface area contributed by atoms with E-state index < -0.39 is 0 Å². The molecule has 4 rings (SSSR count). The molecule has 2 nitrogen and oxygen atoms in total. The second kappa shape index (κ2) is 8.48. The third-order valence-corrected chi connectivity index (χ3v) is 8.65. The van der Waals surface area contributed by atoms with Gasteiger partial charge in [0, 0.05) is 19.1 Å². The van der Waals surface area contributed by atoms with Gasteiger partial charge >= 0.3 is 0 Å². The number of hydrogen-bond acceptors (Lipinski definition) is 2. The normalized spacial score (nSPS) is 32.0. The maximum Gasteiger partial charge on any atom is 0.00387 e. The largest absolute Gasteiger partial charge is 0.303 e. The zero-order valence-electron chi connectivity index (χ0n) is 18.7. The minimum absolute atomic E-state index is 0.540. The summed E-state index contributed by atoms with van der Waals surface area (Å²) >= 11 is 0. The molecule has 28 heavy (non-hydrogen) atoms. The Kier molecular flexibility index (Phi) is 6.18. The topological polar surface area (TPSA) is 6.48 Å². The summed E-state index contributed by atoms with van der Waals surface area (Å²) in [5, 5.41) is 0. The predicted octanol–water partition coefficient (Wildman–Crippen LogP) is 5.33. The molecule has 156 valence electrons. The van der Waals surface area contributed by atoms with Crippen LogP contribution in [0.2, 0.25) is 0 Å². The minimum atomic E-state index is 0.540. The number of nitrogens with zero attached hydrogens (tertiary/aromatic N) is 2. The SMILES string of the molecule is CC(C)N1CC[C@@H]([C@H]2C[C@@H](CN3CCC(Cc4ccccc4)CC3)C2(C)C)C1. The van der Waals surface area contributed by atoms with E-state index >= 15 is 0 Å². The fourth-order valence-corrected chi connectivity index (χ4v) is 6.41. The molecule has 0 bridgehead atoms. The van der Waals surface area contributed by atoms with E-state index in [-0.39, 0.29) is 0 Å². The van der Waals surface area contributed by atoms with Gasteiger partial charge in [0.2, 0.25) is 0 Å². The summed E-state index contributed by atoms with van der Waals surface area (Å²) in [5.74, 6) is 3.71. The number of likely N-dealkylation sites (tertiary alicyclic amines) is 2. The van der Waals surface area contributed by atoms with Crippen molar-refractivity contribution in [2.75, 3.05) is 32.7 Å². The molecule has 0 spiro atoms. The van der Waals surface area contributed by atoms with Gasteiger partial charge in [-0.2, -0.15) is 0 Å². The highest BCUT2D eigenvalue weighted by Crippen LogP contribution is 2.56. The van der Waals surface area contributed by atoms with Crippen LogP contribution in [0.5, 0.6) is 0 Å². The Hall–Kier alpha value is -0.860. The highest BCUT2D eigenvalue weighted by atomic mass is 15.2. The van der Waals surface area contributed by atoms with Crippen molar-refractivity contribution < 1.29 is 0 Å². The zero-order valence-corrected chi connectivity index (χ0v) is 18.7. The van der Waals surface area contributed by atoms with E-state index in [9.17, 15) is 0 Å². The van der Waals surface area contributed by atoms with Crippen LogP contribution in [0.25, 0.3) is 0 Å². The van der Waals surface area contributed by atoms with Crippen LogP contribution in [0.3, 0.4) is 0 Å². The van der Waals surface area contributed by atoms with Gasteiger partial charge in [-0.05, 0) is 100 Å². The maximum absolute atomic E-state index is 2.79. The number of benzene rings is 1. The van der Waals surface area contributed by atoms with Crippen molar-refractivity contribution in [1.29, 1.82) is 0 Å². The van der Waals surface area contributed by atoms with Gasteiger partial charge in [-0.3, -0.25) is 0 Å². The van der Waals surface area contributed by atoms with Gasteiger partial charge in [0.1, 0.15) is 0 Å². The first-order chi connectivity index (χ1) is 13.4. The van der Waals surface area contributed by atoms with E-state index in [4.69, 9.17) is 0 Å². The molecule has 2 saturated heterocycles. The Bertz CT molecular complexity index is 615. The molecular formula is C26H42N2. The minimum Gasteiger partial charge on any atom is -0.303 e. The molecule has 0 amide bonds. The van der Waals surface area contributed by atoms with Crippen molar-refractivity contribution in [3.63, 3.8) is 0 Å². The summed E-state index contributed by atoms with van der Waals surface area (Å²) in [6, 6.07) is 11.8. The maximum atomic E-state index is 2.79.